The van der Waals surface area contributed by atoms with Gasteiger partial charge in [0.05, 0.1) is 6.54 Å². The molecule has 0 aromatic heterocycles. The molecule has 126 valence electrons. The molecule has 3 heteroatoms. The van der Waals surface area contributed by atoms with Crippen LogP contribution in [-0.2, 0) is 0 Å². The smallest absolute Gasteiger partial charge is 0.119 e. The quantitative estimate of drug-likeness (QED) is 0.926. The number of ether oxygens (including phenoxy) is 1. The van der Waals surface area contributed by atoms with Crippen LogP contribution in [0.5, 0.6) is 5.75 Å². The monoisotopic (exact) mass is 322 g/mol. The highest BCUT2D eigenvalue weighted by atomic mass is 16.5. The fourth-order valence-electron chi connectivity index (χ4n) is 3.86. The van der Waals surface area contributed by atoms with Crippen molar-refractivity contribution in [3.05, 3.63) is 60.2 Å². The summed E-state index contributed by atoms with van der Waals surface area (Å²) in [6.45, 7) is 4.32. The Morgan fingerprint density at radius 2 is 1.62 bits per heavy atom. The third-order valence-corrected chi connectivity index (χ3v) is 5.26. The van der Waals surface area contributed by atoms with E-state index in [1.54, 1.807) is 0 Å². The number of anilines is 1. The number of para-hydroxylation sites is 1. The Morgan fingerprint density at radius 1 is 0.875 bits per heavy atom. The van der Waals surface area contributed by atoms with E-state index in [1.165, 1.54) is 24.1 Å². The maximum Gasteiger partial charge on any atom is 0.119 e. The van der Waals surface area contributed by atoms with Gasteiger partial charge in [-0.25, -0.2) is 0 Å². The second kappa shape index (κ2) is 7.27. The fourth-order valence-corrected chi connectivity index (χ4v) is 3.86. The van der Waals surface area contributed by atoms with E-state index in [2.05, 4.69) is 64.8 Å². The lowest BCUT2D eigenvalue weighted by Gasteiger charge is -2.23. The number of benzene rings is 2. The van der Waals surface area contributed by atoms with Crippen LogP contribution >= 0.6 is 0 Å². The molecular formula is C21H26N2O. The third kappa shape index (κ3) is 3.57. The first kappa shape index (κ1) is 15.5. The summed E-state index contributed by atoms with van der Waals surface area (Å²) in [6, 6.07) is 19.4. The number of hydrogen-bond donors (Lipinski definition) is 1. The molecule has 0 aliphatic carbocycles. The summed E-state index contributed by atoms with van der Waals surface area (Å²) in [5.41, 5.74) is 2.76. The van der Waals surface area contributed by atoms with Gasteiger partial charge in [-0.1, -0.05) is 30.3 Å². The van der Waals surface area contributed by atoms with Crippen molar-refractivity contribution in [2.75, 3.05) is 31.1 Å². The zero-order chi connectivity index (χ0) is 16.2. The van der Waals surface area contributed by atoms with Gasteiger partial charge >= 0.3 is 0 Å². The largest absolute Gasteiger partial charge is 0.489 e. The zero-order valence-electron chi connectivity index (χ0n) is 14.2. The molecule has 0 unspecified atom stereocenters. The molecule has 24 heavy (non-hydrogen) atoms. The van der Waals surface area contributed by atoms with Crippen LogP contribution < -0.4 is 15.0 Å². The van der Waals surface area contributed by atoms with Crippen molar-refractivity contribution < 1.29 is 4.74 Å². The molecule has 1 atom stereocenters. The molecule has 1 N–H and O–H groups in total. The van der Waals surface area contributed by atoms with E-state index in [9.17, 15) is 0 Å². The highest BCUT2D eigenvalue weighted by molar-refractivity contribution is 5.47. The van der Waals surface area contributed by atoms with E-state index < -0.39 is 0 Å². The van der Waals surface area contributed by atoms with Gasteiger partial charge in [-0.15, -0.1) is 0 Å². The molecule has 2 aromatic carbocycles. The first-order chi connectivity index (χ1) is 11.9. The predicted molar refractivity (Wildman–Crippen MR) is 99.0 cm³/mol. The molecule has 0 bridgehead atoms. The molecule has 2 aliphatic rings. The molecular weight excluding hydrogens is 296 g/mol. The second-order valence-electron chi connectivity index (χ2n) is 6.90. The Morgan fingerprint density at radius 3 is 2.38 bits per heavy atom. The van der Waals surface area contributed by atoms with E-state index in [1.807, 2.05) is 0 Å². The Bertz CT molecular complexity index is 635. The third-order valence-electron chi connectivity index (χ3n) is 5.26. The van der Waals surface area contributed by atoms with Crippen molar-refractivity contribution in [3.63, 3.8) is 0 Å². The Balaban J connectivity index is 1.34. The minimum Gasteiger partial charge on any atom is -0.489 e. The maximum absolute atomic E-state index is 6.22. The van der Waals surface area contributed by atoms with Crippen molar-refractivity contribution >= 4 is 5.69 Å². The number of piperidine rings is 1. The minimum absolute atomic E-state index is 0.287. The molecule has 0 amide bonds. The van der Waals surface area contributed by atoms with Gasteiger partial charge < -0.3 is 15.0 Å². The van der Waals surface area contributed by atoms with Gasteiger partial charge in [0.15, 0.2) is 0 Å². The van der Waals surface area contributed by atoms with Crippen LogP contribution in [0.25, 0.3) is 0 Å². The van der Waals surface area contributed by atoms with E-state index in [0.717, 1.165) is 38.3 Å². The SMILES string of the molecule is c1ccc(N2CC[C@H](Oc3ccc(C4CCNCC4)cc3)C2)cc1. The molecule has 2 saturated heterocycles. The van der Waals surface area contributed by atoms with E-state index in [0.29, 0.717) is 5.92 Å². The number of rotatable bonds is 4. The lowest BCUT2D eigenvalue weighted by molar-refractivity contribution is 0.225. The molecule has 0 saturated carbocycles. The molecule has 2 fully saturated rings. The molecule has 2 aliphatic heterocycles. The Hall–Kier alpha value is -2.00. The first-order valence-corrected chi connectivity index (χ1v) is 9.16. The number of nitrogens with zero attached hydrogens (tertiary/aromatic N) is 1. The summed E-state index contributed by atoms with van der Waals surface area (Å²) in [4.78, 5) is 2.41. The van der Waals surface area contributed by atoms with E-state index in [4.69, 9.17) is 4.74 Å². The summed E-state index contributed by atoms with van der Waals surface area (Å²) < 4.78 is 6.22. The molecule has 4 rings (SSSR count). The van der Waals surface area contributed by atoms with Crippen LogP contribution in [0.15, 0.2) is 54.6 Å². The molecule has 0 radical (unpaired) electrons. The van der Waals surface area contributed by atoms with Gasteiger partial charge in [-0.2, -0.15) is 0 Å². The number of hydrogen-bond acceptors (Lipinski definition) is 3. The van der Waals surface area contributed by atoms with Gasteiger partial charge in [0.1, 0.15) is 11.9 Å². The van der Waals surface area contributed by atoms with Gasteiger partial charge in [-0.3, -0.25) is 0 Å². The molecule has 0 spiro atoms. The average molecular weight is 322 g/mol. The highest BCUT2D eigenvalue weighted by Crippen LogP contribution is 2.28. The topological polar surface area (TPSA) is 24.5 Å². The lowest BCUT2D eigenvalue weighted by Crippen LogP contribution is -2.26. The summed E-state index contributed by atoms with van der Waals surface area (Å²) in [7, 11) is 0. The Labute approximate surface area is 144 Å². The van der Waals surface area contributed by atoms with Crippen molar-refractivity contribution in [2.45, 2.75) is 31.3 Å². The van der Waals surface area contributed by atoms with Crippen LogP contribution in [0.1, 0.15) is 30.7 Å². The van der Waals surface area contributed by atoms with E-state index in [-0.39, 0.29) is 6.10 Å². The van der Waals surface area contributed by atoms with Crippen LogP contribution in [0.2, 0.25) is 0 Å². The fraction of sp³-hybridized carbons (Fsp3) is 0.429. The summed E-state index contributed by atoms with van der Waals surface area (Å²) >= 11 is 0. The van der Waals surface area contributed by atoms with Gasteiger partial charge in [0.25, 0.3) is 0 Å². The van der Waals surface area contributed by atoms with Gasteiger partial charge in [-0.05, 0) is 61.7 Å². The van der Waals surface area contributed by atoms with Crippen LogP contribution in [0.4, 0.5) is 5.69 Å². The first-order valence-electron chi connectivity index (χ1n) is 9.16. The normalized spacial score (nSPS) is 21.8. The average Bonchev–Trinajstić information content (AvgIpc) is 3.12. The summed E-state index contributed by atoms with van der Waals surface area (Å²) in [6.07, 6.45) is 3.87. The zero-order valence-corrected chi connectivity index (χ0v) is 14.2. The Kier molecular flexibility index (Phi) is 4.70. The van der Waals surface area contributed by atoms with Crippen LogP contribution in [0, 0.1) is 0 Å². The summed E-state index contributed by atoms with van der Waals surface area (Å²) in [5.74, 6) is 1.72. The second-order valence-corrected chi connectivity index (χ2v) is 6.90. The van der Waals surface area contributed by atoms with Gasteiger partial charge in [0, 0.05) is 18.7 Å². The van der Waals surface area contributed by atoms with Crippen molar-refractivity contribution in [3.8, 4) is 5.75 Å². The standard InChI is InChI=1S/C21H26N2O/c1-2-4-19(5-3-1)23-15-12-21(16-23)24-20-8-6-17(7-9-20)18-10-13-22-14-11-18/h1-9,18,21-22H,10-16H2/t21-/m0/s1. The predicted octanol–water partition coefficient (Wildman–Crippen LogP) is 3.81. The number of nitrogens with one attached hydrogen (secondary N) is 1. The summed E-state index contributed by atoms with van der Waals surface area (Å²) in [5, 5.41) is 3.43. The lowest BCUT2D eigenvalue weighted by atomic mass is 9.90. The van der Waals surface area contributed by atoms with Crippen LogP contribution in [0.3, 0.4) is 0 Å². The molecule has 2 aromatic rings. The molecule has 2 heterocycles. The highest BCUT2D eigenvalue weighted by Gasteiger charge is 2.24. The van der Waals surface area contributed by atoms with E-state index >= 15 is 0 Å². The molecule has 3 nitrogen and oxygen atoms in total. The van der Waals surface area contributed by atoms with Crippen molar-refractivity contribution in [1.29, 1.82) is 0 Å². The van der Waals surface area contributed by atoms with Gasteiger partial charge in [0.2, 0.25) is 0 Å². The van der Waals surface area contributed by atoms with Crippen molar-refractivity contribution in [1.82, 2.24) is 5.32 Å². The maximum atomic E-state index is 6.22. The minimum atomic E-state index is 0.287. The van der Waals surface area contributed by atoms with Crippen molar-refractivity contribution in [2.24, 2.45) is 0 Å². The van der Waals surface area contributed by atoms with Crippen LogP contribution in [-0.4, -0.2) is 32.3 Å².